The molecule has 0 bridgehead atoms. The Labute approximate surface area is 406 Å². The first-order valence-electron chi connectivity index (χ1n) is 23.6. The van der Waals surface area contributed by atoms with Gasteiger partial charge in [0.05, 0.1) is 56.4 Å². The third-order valence-corrected chi connectivity index (χ3v) is 10.2. The molecule has 0 saturated carbocycles. The summed E-state index contributed by atoms with van der Waals surface area (Å²) in [6, 6.07) is 20.9. The number of hydrogen-bond acceptors (Lipinski definition) is 15. The van der Waals surface area contributed by atoms with Gasteiger partial charge in [0.25, 0.3) is 0 Å². The van der Waals surface area contributed by atoms with E-state index in [4.69, 9.17) is 42.6 Å². The van der Waals surface area contributed by atoms with Gasteiger partial charge in [-0.25, -0.2) is 14.4 Å². The summed E-state index contributed by atoms with van der Waals surface area (Å²) >= 11 is 0. The molecule has 0 atom stereocenters. The summed E-state index contributed by atoms with van der Waals surface area (Å²) in [7, 11) is 0. The fraction of sp³-hybridized carbons (Fsp3) is 0.444. The molecule has 69 heavy (non-hydrogen) atoms. The van der Waals surface area contributed by atoms with Gasteiger partial charge < -0.3 is 42.6 Å². The molecule has 15 nitrogen and oxygen atoms in total. The van der Waals surface area contributed by atoms with Gasteiger partial charge in [0, 0.05) is 19.3 Å². The highest BCUT2D eigenvalue weighted by molar-refractivity contribution is 6.16. The van der Waals surface area contributed by atoms with Crippen molar-refractivity contribution in [1.29, 1.82) is 0 Å². The van der Waals surface area contributed by atoms with E-state index in [9.17, 15) is 28.8 Å². The van der Waals surface area contributed by atoms with Gasteiger partial charge in [0.1, 0.15) is 30.5 Å². The number of benzene rings is 3. The van der Waals surface area contributed by atoms with E-state index in [1.165, 1.54) is 0 Å². The maximum absolute atomic E-state index is 12.9. The third-order valence-electron chi connectivity index (χ3n) is 10.2. The van der Waals surface area contributed by atoms with Gasteiger partial charge in [-0.3, -0.25) is 14.4 Å². The summed E-state index contributed by atoms with van der Waals surface area (Å²) < 4.78 is 48.9. The van der Waals surface area contributed by atoms with Gasteiger partial charge >= 0.3 is 35.8 Å². The maximum Gasteiger partial charge on any atom is 0.338 e. The van der Waals surface area contributed by atoms with Crippen molar-refractivity contribution < 1.29 is 71.4 Å². The molecule has 0 aliphatic rings. The lowest BCUT2D eigenvalue weighted by molar-refractivity contribution is -0.167. The van der Waals surface area contributed by atoms with Gasteiger partial charge in [-0.1, -0.05) is 56.1 Å². The van der Waals surface area contributed by atoms with Crippen molar-refractivity contribution in [1.82, 2.24) is 0 Å². The molecular weight excluding hydrogens is 889 g/mol. The minimum atomic E-state index is -0.986. The Balaban J connectivity index is 1.38. The van der Waals surface area contributed by atoms with Gasteiger partial charge in [-0.15, -0.1) is 0 Å². The first-order valence-corrected chi connectivity index (χ1v) is 23.6. The van der Waals surface area contributed by atoms with Crippen LogP contribution in [-0.2, 0) is 57.2 Å². The molecule has 0 N–H and O–H groups in total. The van der Waals surface area contributed by atoms with Crippen LogP contribution in [0.25, 0.3) is 16.7 Å². The number of esters is 6. The van der Waals surface area contributed by atoms with E-state index < -0.39 is 41.9 Å². The van der Waals surface area contributed by atoms with E-state index in [0.29, 0.717) is 112 Å². The zero-order chi connectivity index (χ0) is 50.2. The molecule has 0 unspecified atom stereocenters. The van der Waals surface area contributed by atoms with Crippen LogP contribution in [0.1, 0.15) is 115 Å². The van der Waals surface area contributed by atoms with E-state index in [-0.39, 0.29) is 69.0 Å². The van der Waals surface area contributed by atoms with Crippen LogP contribution in [0, 0.1) is 0 Å². The molecule has 0 saturated heterocycles. The molecule has 3 aromatic carbocycles. The van der Waals surface area contributed by atoms with Crippen molar-refractivity contribution >= 4 is 52.5 Å². The van der Waals surface area contributed by atoms with Crippen molar-refractivity contribution in [2.24, 2.45) is 0 Å². The molecule has 0 radical (unpaired) electrons. The molecule has 0 fully saturated rings. The summed E-state index contributed by atoms with van der Waals surface area (Å²) in [5, 5.41) is 0. The Kier molecular flexibility index (Phi) is 26.8. The van der Waals surface area contributed by atoms with E-state index in [1.54, 1.807) is 93.6 Å². The Morgan fingerprint density at radius 2 is 0.681 bits per heavy atom. The lowest BCUT2D eigenvalue weighted by Gasteiger charge is -2.18. The van der Waals surface area contributed by atoms with Crippen molar-refractivity contribution in [3.63, 3.8) is 0 Å². The molecule has 15 heteroatoms. The summed E-state index contributed by atoms with van der Waals surface area (Å²) in [5.74, 6) is -0.970. The first kappa shape index (κ1) is 56.4. The standard InChI is InChI=1S/C54H68O15/c1-7-61-52(58)39(4)42-22-28-45(29-23-42)64-34-16-10-13-19-49(55)67-37-48(69-51(57)21-15-12-18-36-66-47-32-26-44(27-33-47)41(6)54(60)63-9-3)38-68-50(56)20-14-11-17-35-65-46-30-24-43(25-31-46)40(5)53(59)62-8-2/h22-33,48H,4-21,34-38H2,1-3H3. The summed E-state index contributed by atoms with van der Waals surface area (Å²) in [6.07, 6.45) is 5.13. The van der Waals surface area contributed by atoms with Gasteiger partial charge in [0.15, 0.2) is 6.10 Å². The second-order valence-electron chi connectivity index (χ2n) is 15.6. The second kappa shape index (κ2) is 32.7. The smallest absolute Gasteiger partial charge is 0.338 e. The van der Waals surface area contributed by atoms with Crippen molar-refractivity contribution in [3.8, 4) is 17.2 Å². The normalized spacial score (nSPS) is 10.6. The number of ether oxygens (including phenoxy) is 9. The van der Waals surface area contributed by atoms with Crippen LogP contribution in [0.3, 0.4) is 0 Å². The summed E-state index contributed by atoms with van der Waals surface area (Å²) in [4.78, 5) is 74.0. The monoisotopic (exact) mass is 956 g/mol. The number of carbonyl (C=O) groups excluding carboxylic acids is 6. The Morgan fingerprint density at radius 1 is 0.391 bits per heavy atom. The number of unbranched alkanes of at least 4 members (excludes halogenated alkanes) is 6. The topological polar surface area (TPSA) is 185 Å². The quantitative estimate of drug-likeness (QED) is 0.0235. The zero-order valence-electron chi connectivity index (χ0n) is 40.4. The second-order valence-corrected chi connectivity index (χ2v) is 15.6. The highest BCUT2D eigenvalue weighted by Crippen LogP contribution is 2.22. The molecule has 0 amide bonds. The summed E-state index contributed by atoms with van der Waals surface area (Å²) in [5.41, 5.74) is 2.73. The van der Waals surface area contributed by atoms with Crippen LogP contribution < -0.4 is 14.2 Å². The average Bonchev–Trinajstić information content (AvgIpc) is 3.35. The average molecular weight is 957 g/mol. The SMILES string of the molecule is C=C(C(=O)OCC)c1ccc(OCCCCCC(=O)OCC(COC(=O)CCCCCOc2ccc(C(=C)C(=O)OCC)cc2)OC(=O)CCCCCOc2ccc(C(=C)C(=O)OCC)cc2)cc1. The number of rotatable bonds is 35. The molecule has 0 spiro atoms. The number of hydrogen-bond donors (Lipinski definition) is 0. The van der Waals surface area contributed by atoms with E-state index in [1.807, 2.05) is 0 Å². The molecular formula is C54H68O15. The molecule has 3 rings (SSSR count). The Bertz CT molecular complexity index is 2000. The maximum atomic E-state index is 12.9. The van der Waals surface area contributed by atoms with Crippen LogP contribution in [0.5, 0.6) is 17.2 Å². The fourth-order valence-corrected chi connectivity index (χ4v) is 6.36. The van der Waals surface area contributed by atoms with E-state index in [0.717, 1.165) is 0 Å². The van der Waals surface area contributed by atoms with Crippen LogP contribution >= 0.6 is 0 Å². The van der Waals surface area contributed by atoms with Crippen LogP contribution in [0.15, 0.2) is 92.5 Å². The van der Waals surface area contributed by atoms with E-state index in [2.05, 4.69) is 19.7 Å². The predicted octanol–water partition coefficient (Wildman–Crippen LogP) is 9.63. The van der Waals surface area contributed by atoms with Crippen LogP contribution in [0.4, 0.5) is 0 Å². The van der Waals surface area contributed by atoms with Crippen molar-refractivity contribution in [2.75, 3.05) is 52.9 Å². The first-order chi connectivity index (χ1) is 33.3. The van der Waals surface area contributed by atoms with Gasteiger partial charge in [0.2, 0.25) is 0 Å². The largest absolute Gasteiger partial charge is 0.494 e. The van der Waals surface area contributed by atoms with Crippen LogP contribution in [-0.4, -0.2) is 94.8 Å². The Morgan fingerprint density at radius 3 is 0.971 bits per heavy atom. The molecule has 0 heterocycles. The fourth-order valence-electron chi connectivity index (χ4n) is 6.36. The predicted molar refractivity (Wildman–Crippen MR) is 260 cm³/mol. The molecule has 0 aliphatic carbocycles. The minimum absolute atomic E-state index is 0.104. The number of carbonyl (C=O) groups is 6. The molecule has 3 aromatic rings. The highest BCUT2D eigenvalue weighted by Gasteiger charge is 2.20. The Hall–Kier alpha value is -6.90. The van der Waals surface area contributed by atoms with Crippen molar-refractivity contribution in [2.45, 2.75) is 104 Å². The van der Waals surface area contributed by atoms with Gasteiger partial charge in [-0.05, 0) is 132 Å². The highest BCUT2D eigenvalue weighted by atomic mass is 16.6. The van der Waals surface area contributed by atoms with Crippen LogP contribution in [0.2, 0.25) is 0 Å². The third kappa shape index (κ3) is 22.6. The summed E-state index contributed by atoms with van der Waals surface area (Å²) in [6.45, 7) is 18.1. The molecule has 374 valence electrons. The molecule has 0 aliphatic heterocycles. The van der Waals surface area contributed by atoms with Gasteiger partial charge in [-0.2, -0.15) is 0 Å². The van der Waals surface area contributed by atoms with Crippen molar-refractivity contribution in [3.05, 3.63) is 109 Å². The minimum Gasteiger partial charge on any atom is -0.494 e. The lowest BCUT2D eigenvalue weighted by atomic mass is 10.1. The molecule has 0 aromatic heterocycles. The van der Waals surface area contributed by atoms with E-state index >= 15 is 0 Å². The lowest BCUT2D eigenvalue weighted by Crippen LogP contribution is -2.30. The zero-order valence-corrected chi connectivity index (χ0v) is 40.4.